The fraction of sp³-hybridized carbons (Fsp3) is 0.944. The van der Waals surface area contributed by atoms with Gasteiger partial charge in [-0.1, -0.05) is 312 Å². The second kappa shape index (κ2) is 62.8. The Labute approximate surface area is 556 Å². The standard InChI is InChI=1S/C72H140O17P2/c1-8-10-11-12-13-14-15-19-24-32-39-46-53-69(74)82-60-68(89-72(77)56-49-42-35-28-27-31-38-45-52-65(7)9-2)62-87-91(80,81)85-58-66(73)57-84-90(78,79)86-61-67(59-83-70(75)54-47-40-33-26-21-23-30-37-44-51-64(5)6)88-71(76)55-48-41-34-25-20-17-16-18-22-29-36-43-50-63(3)4/h63-68,73H,8-62H2,1-7H3,(H,78,79)(H,80,81)/t65?,66-,67-,68-/m1/s1. The van der Waals surface area contributed by atoms with Gasteiger partial charge < -0.3 is 33.8 Å². The van der Waals surface area contributed by atoms with Crippen LogP contribution in [-0.2, 0) is 65.4 Å². The van der Waals surface area contributed by atoms with Gasteiger partial charge in [0.15, 0.2) is 12.2 Å². The van der Waals surface area contributed by atoms with Gasteiger partial charge in [-0.05, 0) is 43.4 Å². The number of unbranched alkanes of at least 4 members (excludes halogenated alkanes) is 37. The average molecular weight is 1340 g/mol. The summed E-state index contributed by atoms with van der Waals surface area (Å²) >= 11 is 0. The molecule has 0 aliphatic heterocycles. The van der Waals surface area contributed by atoms with E-state index < -0.39 is 97.5 Å². The Kier molecular flexibility index (Phi) is 61.5. The minimum absolute atomic E-state index is 0.105. The predicted octanol–water partition coefficient (Wildman–Crippen LogP) is 20.6. The monoisotopic (exact) mass is 1340 g/mol. The van der Waals surface area contributed by atoms with E-state index in [0.29, 0.717) is 25.7 Å². The van der Waals surface area contributed by atoms with Crippen LogP contribution in [0.4, 0.5) is 0 Å². The van der Waals surface area contributed by atoms with Crippen LogP contribution < -0.4 is 0 Å². The van der Waals surface area contributed by atoms with Crippen molar-refractivity contribution < 1.29 is 80.2 Å². The third-order valence-corrected chi connectivity index (χ3v) is 18.9. The lowest BCUT2D eigenvalue weighted by atomic mass is 9.99. The molecule has 0 aliphatic carbocycles. The van der Waals surface area contributed by atoms with Crippen molar-refractivity contribution >= 4 is 39.5 Å². The number of esters is 4. The summed E-state index contributed by atoms with van der Waals surface area (Å²) in [5.41, 5.74) is 0. The molecule has 17 nitrogen and oxygen atoms in total. The fourth-order valence-electron chi connectivity index (χ4n) is 10.9. The zero-order valence-electron chi connectivity index (χ0n) is 59.3. The highest BCUT2D eigenvalue weighted by Crippen LogP contribution is 2.45. The molecule has 0 aromatic heterocycles. The normalized spacial score (nSPS) is 14.5. The number of aliphatic hydroxyl groups is 1. The molecule has 0 aromatic carbocycles. The summed E-state index contributed by atoms with van der Waals surface area (Å²) in [6, 6.07) is 0. The Morgan fingerprint density at radius 3 is 0.835 bits per heavy atom. The van der Waals surface area contributed by atoms with Crippen LogP contribution in [0.15, 0.2) is 0 Å². The molecule has 0 saturated carbocycles. The van der Waals surface area contributed by atoms with E-state index in [4.69, 9.17) is 37.0 Å². The van der Waals surface area contributed by atoms with Gasteiger partial charge in [0.25, 0.3) is 0 Å². The van der Waals surface area contributed by atoms with E-state index in [-0.39, 0.29) is 25.7 Å². The van der Waals surface area contributed by atoms with E-state index in [1.807, 2.05) is 0 Å². The molecule has 0 amide bonds. The third kappa shape index (κ3) is 65.1. The summed E-state index contributed by atoms with van der Waals surface area (Å²) in [4.78, 5) is 72.7. The first-order chi connectivity index (χ1) is 43.8. The van der Waals surface area contributed by atoms with Gasteiger partial charge in [0, 0.05) is 25.7 Å². The first-order valence-corrected chi connectivity index (χ1v) is 40.4. The Morgan fingerprint density at radius 2 is 0.560 bits per heavy atom. The molecular formula is C72H140O17P2. The molecule has 19 heteroatoms. The van der Waals surface area contributed by atoms with Gasteiger partial charge in [0.2, 0.25) is 0 Å². The van der Waals surface area contributed by atoms with Crippen molar-refractivity contribution in [2.24, 2.45) is 17.8 Å². The number of aliphatic hydroxyl groups excluding tert-OH is 1. The van der Waals surface area contributed by atoms with Gasteiger partial charge in [-0.2, -0.15) is 0 Å². The van der Waals surface area contributed by atoms with Crippen molar-refractivity contribution in [1.29, 1.82) is 0 Å². The second-order valence-corrected chi connectivity index (χ2v) is 30.1. The zero-order valence-corrected chi connectivity index (χ0v) is 61.1. The van der Waals surface area contributed by atoms with E-state index in [9.17, 15) is 43.2 Å². The molecule has 0 rings (SSSR count). The number of rotatable bonds is 70. The molecule has 0 saturated heterocycles. The van der Waals surface area contributed by atoms with E-state index in [1.165, 1.54) is 173 Å². The lowest BCUT2D eigenvalue weighted by Gasteiger charge is -2.21. The van der Waals surface area contributed by atoms with Crippen LogP contribution in [0.25, 0.3) is 0 Å². The van der Waals surface area contributed by atoms with Crippen molar-refractivity contribution in [1.82, 2.24) is 0 Å². The summed E-state index contributed by atoms with van der Waals surface area (Å²) < 4.78 is 68.4. The minimum atomic E-state index is -4.95. The zero-order chi connectivity index (χ0) is 67.3. The molecule has 0 spiro atoms. The first kappa shape index (κ1) is 89.1. The van der Waals surface area contributed by atoms with Gasteiger partial charge >= 0.3 is 39.5 Å². The number of phosphoric acid groups is 2. The summed E-state index contributed by atoms with van der Waals surface area (Å²) in [6.45, 7) is 11.9. The quantitative estimate of drug-likeness (QED) is 0.0222. The maximum Gasteiger partial charge on any atom is 0.472 e. The Bertz CT molecular complexity index is 1790. The molecule has 0 fully saturated rings. The van der Waals surface area contributed by atoms with E-state index in [0.717, 1.165) is 108 Å². The molecule has 540 valence electrons. The van der Waals surface area contributed by atoms with E-state index in [1.54, 1.807) is 0 Å². The number of hydrogen-bond donors (Lipinski definition) is 3. The van der Waals surface area contributed by atoms with Gasteiger partial charge in [0.05, 0.1) is 26.4 Å². The Balaban J connectivity index is 5.27. The van der Waals surface area contributed by atoms with Crippen LogP contribution in [0.2, 0.25) is 0 Å². The van der Waals surface area contributed by atoms with E-state index >= 15 is 0 Å². The van der Waals surface area contributed by atoms with Gasteiger partial charge in [-0.25, -0.2) is 9.13 Å². The van der Waals surface area contributed by atoms with Crippen molar-refractivity contribution in [3.8, 4) is 0 Å². The van der Waals surface area contributed by atoms with Crippen LogP contribution >= 0.6 is 15.6 Å². The average Bonchev–Trinajstić information content (AvgIpc) is 3.70. The van der Waals surface area contributed by atoms with Crippen molar-refractivity contribution in [3.05, 3.63) is 0 Å². The Hall–Kier alpha value is -1.94. The molecule has 0 aromatic rings. The summed E-state index contributed by atoms with van der Waals surface area (Å²) in [5.74, 6) is 0.167. The molecule has 6 atom stereocenters. The topological polar surface area (TPSA) is 237 Å². The van der Waals surface area contributed by atoms with Gasteiger partial charge in [-0.15, -0.1) is 0 Å². The molecular weight excluding hydrogens is 1200 g/mol. The molecule has 0 bridgehead atoms. The van der Waals surface area contributed by atoms with Crippen LogP contribution in [-0.4, -0.2) is 96.7 Å². The predicted molar refractivity (Wildman–Crippen MR) is 368 cm³/mol. The maximum absolute atomic E-state index is 13.0. The van der Waals surface area contributed by atoms with Crippen LogP contribution in [0.1, 0.15) is 363 Å². The molecule has 0 aliphatic rings. The Morgan fingerprint density at radius 1 is 0.319 bits per heavy atom. The molecule has 3 unspecified atom stereocenters. The third-order valence-electron chi connectivity index (χ3n) is 17.0. The molecule has 0 radical (unpaired) electrons. The SMILES string of the molecule is CCCCCCCCCCCCCCC(=O)OC[C@H](COP(=O)(O)OC[C@H](O)COP(=O)(O)OC[C@@H](COC(=O)CCCCCCCCCCCC(C)C)OC(=O)CCCCCCCCCCCCCCC(C)C)OC(=O)CCCCCCCCCCC(C)CC. The highest BCUT2D eigenvalue weighted by Gasteiger charge is 2.30. The number of hydrogen-bond acceptors (Lipinski definition) is 15. The minimum Gasteiger partial charge on any atom is -0.462 e. The molecule has 91 heavy (non-hydrogen) atoms. The van der Waals surface area contributed by atoms with Gasteiger partial charge in [0.1, 0.15) is 19.3 Å². The van der Waals surface area contributed by atoms with Crippen molar-refractivity contribution in [2.75, 3.05) is 39.6 Å². The summed E-state index contributed by atoms with van der Waals surface area (Å²) in [7, 11) is -9.91. The highest BCUT2D eigenvalue weighted by molar-refractivity contribution is 7.47. The highest BCUT2D eigenvalue weighted by atomic mass is 31.2. The fourth-order valence-corrected chi connectivity index (χ4v) is 12.4. The van der Waals surface area contributed by atoms with Crippen LogP contribution in [0, 0.1) is 17.8 Å². The van der Waals surface area contributed by atoms with Gasteiger partial charge in [-0.3, -0.25) is 37.3 Å². The van der Waals surface area contributed by atoms with Crippen molar-refractivity contribution in [3.63, 3.8) is 0 Å². The molecule has 3 N–H and O–H groups in total. The lowest BCUT2D eigenvalue weighted by Crippen LogP contribution is -2.30. The van der Waals surface area contributed by atoms with Crippen molar-refractivity contribution in [2.45, 2.75) is 381 Å². The lowest BCUT2D eigenvalue weighted by molar-refractivity contribution is -0.161. The molecule has 0 heterocycles. The summed E-state index contributed by atoms with van der Waals surface area (Å²) in [5, 5.41) is 10.6. The number of carbonyl (C=O) groups excluding carboxylic acids is 4. The summed E-state index contributed by atoms with van der Waals surface area (Å²) in [6.07, 6.45) is 47.0. The maximum atomic E-state index is 13.0. The number of carbonyl (C=O) groups is 4. The van der Waals surface area contributed by atoms with Crippen LogP contribution in [0.3, 0.4) is 0 Å². The number of phosphoric ester groups is 2. The smallest absolute Gasteiger partial charge is 0.462 e. The second-order valence-electron chi connectivity index (χ2n) is 27.2. The largest absolute Gasteiger partial charge is 0.472 e. The van der Waals surface area contributed by atoms with Crippen LogP contribution in [0.5, 0.6) is 0 Å². The van der Waals surface area contributed by atoms with E-state index in [2.05, 4.69) is 48.5 Å². The first-order valence-electron chi connectivity index (χ1n) is 37.4. The number of ether oxygens (including phenoxy) is 4.